The number of amides is 2. The van der Waals surface area contributed by atoms with Crippen molar-refractivity contribution in [3.8, 4) is 0 Å². The number of carboxylic acid groups (broad SMARTS) is 1. The molecule has 0 atom stereocenters. The number of carboxylic acids is 1. The number of hydrogen-bond acceptors (Lipinski definition) is 5. The minimum Gasteiger partial charge on any atom is -0.478 e. The number of para-hydroxylation sites is 1. The molecule has 0 fully saturated rings. The molecule has 3 aromatic rings. The molecule has 0 bridgehead atoms. The van der Waals surface area contributed by atoms with E-state index in [9.17, 15) is 23.9 Å². The van der Waals surface area contributed by atoms with Crippen LogP contribution in [0.3, 0.4) is 0 Å². The van der Waals surface area contributed by atoms with Gasteiger partial charge in [0.1, 0.15) is 5.82 Å². The van der Waals surface area contributed by atoms with E-state index < -0.39 is 23.6 Å². The minimum absolute atomic E-state index is 0.0302. The Morgan fingerprint density at radius 3 is 2.30 bits per heavy atom. The quantitative estimate of drug-likeness (QED) is 0.258. The van der Waals surface area contributed by atoms with Gasteiger partial charge in [-0.3, -0.25) is 9.59 Å². The SMILES string of the molecule is Cc1cc(F)ccc1NC(=O)C(=O)N/N=C\c1cc(C(=O)O)ccc1Nc1ccccc1C. The van der Waals surface area contributed by atoms with Gasteiger partial charge in [-0.15, -0.1) is 0 Å². The zero-order chi connectivity index (χ0) is 24.0. The van der Waals surface area contributed by atoms with E-state index in [0.29, 0.717) is 22.5 Å². The number of benzene rings is 3. The highest BCUT2D eigenvalue weighted by molar-refractivity contribution is 6.39. The molecule has 0 heterocycles. The Kier molecular flexibility index (Phi) is 7.14. The fourth-order valence-electron chi connectivity index (χ4n) is 2.93. The minimum atomic E-state index is -1.12. The van der Waals surface area contributed by atoms with Gasteiger partial charge < -0.3 is 15.7 Å². The second kappa shape index (κ2) is 10.2. The van der Waals surface area contributed by atoms with E-state index in [0.717, 1.165) is 17.3 Å². The first-order valence-corrected chi connectivity index (χ1v) is 9.85. The maximum atomic E-state index is 13.2. The number of anilines is 3. The maximum absolute atomic E-state index is 13.2. The van der Waals surface area contributed by atoms with Gasteiger partial charge >= 0.3 is 17.8 Å². The van der Waals surface area contributed by atoms with E-state index in [1.807, 2.05) is 31.2 Å². The van der Waals surface area contributed by atoms with Crippen molar-refractivity contribution < 1.29 is 23.9 Å². The van der Waals surface area contributed by atoms with Crippen molar-refractivity contribution in [1.82, 2.24) is 5.43 Å². The van der Waals surface area contributed by atoms with Crippen molar-refractivity contribution in [3.63, 3.8) is 0 Å². The van der Waals surface area contributed by atoms with Crippen LogP contribution in [0, 0.1) is 19.7 Å². The topological polar surface area (TPSA) is 120 Å². The van der Waals surface area contributed by atoms with Crippen LogP contribution < -0.4 is 16.1 Å². The lowest BCUT2D eigenvalue weighted by molar-refractivity contribution is -0.136. The molecule has 0 unspecified atom stereocenters. The van der Waals surface area contributed by atoms with Crippen LogP contribution in [0.1, 0.15) is 27.0 Å². The van der Waals surface area contributed by atoms with Crippen molar-refractivity contribution in [3.05, 3.63) is 88.7 Å². The molecule has 0 radical (unpaired) electrons. The van der Waals surface area contributed by atoms with E-state index in [1.165, 1.54) is 30.5 Å². The number of hydrazone groups is 1. The van der Waals surface area contributed by atoms with Gasteiger partial charge in [0, 0.05) is 22.6 Å². The van der Waals surface area contributed by atoms with Gasteiger partial charge in [0.05, 0.1) is 11.8 Å². The van der Waals surface area contributed by atoms with Gasteiger partial charge in [-0.1, -0.05) is 18.2 Å². The summed E-state index contributed by atoms with van der Waals surface area (Å²) in [5, 5.41) is 18.7. The molecule has 168 valence electrons. The Morgan fingerprint density at radius 1 is 0.879 bits per heavy atom. The first-order valence-electron chi connectivity index (χ1n) is 9.85. The van der Waals surface area contributed by atoms with Crippen LogP contribution in [0.25, 0.3) is 0 Å². The molecule has 8 nitrogen and oxygen atoms in total. The van der Waals surface area contributed by atoms with E-state index >= 15 is 0 Å². The summed E-state index contributed by atoms with van der Waals surface area (Å²) in [5.74, 6) is -3.61. The molecule has 0 spiro atoms. The van der Waals surface area contributed by atoms with Crippen LogP contribution in [0.2, 0.25) is 0 Å². The number of aryl methyl sites for hydroxylation is 2. The number of halogens is 1. The number of carbonyl (C=O) groups excluding carboxylic acids is 2. The number of nitrogens with zero attached hydrogens (tertiary/aromatic N) is 1. The Hall–Kier alpha value is -4.53. The van der Waals surface area contributed by atoms with Gasteiger partial charge in [0.2, 0.25) is 0 Å². The highest BCUT2D eigenvalue weighted by atomic mass is 19.1. The average molecular weight is 448 g/mol. The zero-order valence-corrected chi connectivity index (χ0v) is 17.8. The molecule has 0 saturated heterocycles. The molecule has 0 aliphatic rings. The van der Waals surface area contributed by atoms with Crippen LogP contribution in [-0.4, -0.2) is 29.1 Å². The van der Waals surface area contributed by atoms with Crippen molar-refractivity contribution in [2.45, 2.75) is 13.8 Å². The second-order valence-electron chi connectivity index (χ2n) is 7.16. The van der Waals surface area contributed by atoms with Crippen molar-refractivity contribution in [2.75, 3.05) is 10.6 Å². The van der Waals surface area contributed by atoms with Gasteiger partial charge in [0.25, 0.3) is 0 Å². The van der Waals surface area contributed by atoms with Crippen molar-refractivity contribution >= 4 is 41.1 Å². The first-order chi connectivity index (χ1) is 15.7. The largest absolute Gasteiger partial charge is 0.478 e. The van der Waals surface area contributed by atoms with Gasteiger partial charge in [-0.25, -0.2) is 14.6 Å². The Balaban J connectivity index is 1.75. The van der Waals surface area contributed by atoms with Crippen molar-refractivity contribution in [1.29, 1.82) is 0 Å². The molecule has 0 saturated carbocycles. The molecular weight excluding hydrogens is 427 g/mol. The molecule has 9 heteroatoms. The lowest BCUT2D eigenvalue weighted by Gasteiger charge is -2.12. The molecule has 3 aromatic carbocycles. The summed E-state index contributed by atoms with van der Waals surface area (Å²) in [7, 11) is 0. The summed E-state index contributed by atoms with van der Waals surface area (Å²) in [6.45, 7) is 3.51. The van der Waals surface area contributed by atoms with E-state index in [1.54, 1.807) is 13.0 Å². The van der Waals surface area contributed by atoms with Crippen LogP contribution in [-0.2, 0) is 9.59 Å². The van der Waals surface area contributed by atoms with Gasteiger partial charge in [-0.05, 0) is 67.4 Å². The standard InChI is InChI=1S/C24H21FN4O4/c1-14-5-3-4-6-19(14)27-21-9-7-16(24(32)33)12-17(21)13-26-29-23(31)22(30)28-20-10-8-18(25)11-15(20)2/h3-13,27H,1-2H3,(H,28,30)(H,29,31)(H,32,33)/b26-13-. The van der Waals surface area contributed by atoms with Gasteiger partial charge in [-0.2, -0.15) is 5.10 Å². The third kappa shape index (κ3) is 6.01. The zero-order valence-electron chi connectivity index (χ0n) is 17.8. The molecule has 4 N–H and O–H groups in total. The van der Waals surface area contributed by atoms with E-state index in [-0.39, 0.29) is 5.56 Å². The van der Waals surface area contributed by atoms with Crippen LogP contribution in [0.4, 0.5) is 21.5 Å². The lowest BCUT2D eigenvalue weighted by Crippen LogP contribution is -2.32. The molecule has 33 heavy (non-hydrogen) atoms. The monoisotopic (exact) mass is 448 g/mol. The van der Waals surface area contributed by atoms with Crippen molar-refractivity contribution in [2.24, 2.45) is 5.10 Å². The predicted octanol–water partition coefficient (Wildman–Crippen LogP) is 3.97. The Bertz CT molecular complexity index is 1260. The summed E-state index contributed by atoms with van der Waals surface area (Å²) in [6, 6.07) is 15.7. The third-order valence-electron chi connectivity index (χ3n) is 4.73. The van der Waals surface area contributed by atoms with Crippen LogP contribution >= 0.6 is 0 Å². The molecule has 0 aliphatic heterocycles. The van der Waals surface area contributed by atoms with E-state index in [2.05, 4.69) is 21.2 Å². The molecule has 2 amide bonds. The molecule has 0 aromatic heterocycles. The summed E-state index contributed by atoms with van der Waals surface area (Å²) in [6.07, 6.45) is 1.24. The fraction of sp³-hybridized carbons (Fsp3) is 0.0833. The second-order valence-corrected chi connectivity index (χ2v) is 7.16. The number of nitrogens with one attached hydrogen (secondary N) is 3. The molecule has 0 aliphatic carbocycles. The normalized spacial score (nSPS) is 10.6. The summed E-state index contributed by atoms with van der Waals surface area (Å²) in [4.78, 5) is 35.6. The Morgan fingerprint density at radius 2 is 1.61 bits per heavy atom. The first kappa shape index (κ1) is 23.1. The number of aromatic carboxylic acids is 1. The Labute approximate surface area is 189 Å². The number of carbonyl (C=O) groups is 3. The fourth-order valence-corrected chi connectivity index (χ4v) is 2.93. The summed E-state index contributed by atoms with van der Waals surface area (Å²) >= 11 is 0. The summed E-state index contributed by atoms with van der Waals surface area (Å²) < 4.78 is 13.2. The highest BCUT2D eigenvalue weighted by Crippen LogP contribution is 2.23. The smallest absolute Gasteiger partial charge is 0.335 e. The highest BCUT2D eigenvalue weighted by Gasteiger charge is 2.14. The number of hydrogen-bond donors (Lipinski definition) is 4. The van der Waals surface area contributed by atoms with Crippen LogP contribution in [0.15, 0.2) is 65.8 Å². The van der Waals surface area contributed by atoms with Gasteiger partial charge in [0.15, 0.2) is 0 Å². The molecule has 3 rings (SSSR count). The number of rotatable bonds is 6. The summed E-state index contributed by atoms with van der Waals surface area (Å²) in [5.41, 5.74) is 5.61. The average Bonchev–Trinajstić information content (AvgIpc) is 2.77. The van der Waals surface area contributed by atoms with Crippen LogP contribution in [0.5, 0.6) is 0 Å². The lowest BCUT2D eigenvalue weighted by atomic mass is 10.1. The van der Waals surface area contributed by atoms with E-state index in [4.69, 9.17) is 0 Å². The maximum Gasteiger partial charge on any atom is 0.335 e. The third-order valence-corrected chi connectivity index (χ3v) is 4.73. The molecular formula is C24H21FN4O4. The predicted molar refractivity (Wildman–Crippen MR) is 123 cm³/mol.